The second kappa shape index (κ2) is 10.6. The van der Waals surface area contributed by atoms with E-state index in [4.69, 9.17) is 9.47 Å². The third-order valence-electron chi connectivity index (χ3n) is 3.73. The van der Waals surface area contributed by atoms with Gasteiger partial charge < -0.3 is 9.47 Å². The zero-order chi connectivity index (χ0) is 19.5. The molecule has 6 nitrogen and oxygen atoms in total. The van der Waals surface area contributed by atoms with Crippen LogP contribution in [-0.4, -0.2) is 27.8 Å². The Hall–Kier alpha value is -2.54. The van der Waals surface area contributed by atoms with E-state index in [0.29, 0.717) is 19.0 Å². The molecular formula is C20H26N2O4S. The summed E-state index contributed by atoms with van der Waals surface area (Å²) < 4.78 is 35.4. The maximum absolute atomic E-state index is 12.2. The molecule has 0 spiro atoms. The number of nitrogens with zero attached hydrogens (tertiary/aromatic N) is 1. The first kappa shape index (κ1) is 20.8. The van der Waals surface area contributed by atoms with Crippen LogP contribution < -0.4 is 14.3 Å². The number of benzene rings is 2. The van der Waals surface area contributed by atoms with Crippen molar-refractivity contribution in [1.82, 2.24) is 4.83 Å². The van der Waals surface area contributed by atoms with E-state index in [1.165, 1.54) is 18.3 Å². The average molecular weight is 391 g/mol. The lowest BCUT2D eigenvalue weighted by Crippen LogP contribution is -2.18. The molecule has 0 heterocycles. The van der Waals surface area contributed by atoms with Crippen LogP contribution in [-0.2, 0) is 10.0 Å². The normalized spacial score (nSPS) is 11.5. The predicted octanol–water partition coefficient (Wildman–Crippen LogP) is 3.97. The molecule has 0 atom stereocenters. The second-order valence-corrected chi connectivity index (χ2v) is 7.54. The first-order valence-electron chi connectivity index (χ1n) is 9.05. The summed E-state index contributed by atoms with van der Waals surface area (Å²) in [6, 6.07) is 13.5. The summed E-state index contributed by atoms with van der Waals surface area (Å²) >= 11 is 0. The molecule has 0 fully saturated rings. The van der Waals surface area contributed by atoms with Gasteiger partial charge in [-0.3, -0.25) is 0 Å². The van der Waals surface area contributed by atoms with Crippen molar-refractivity contribution >= 4 is 16.2 Å². The molecule has 0 unspecified atom stereocenters. The Balaban J connectivity index is 1.89. The summed E-state index contributed by atoms with van der Waals surface area (Å²) in [6.45, 7) is 5.24. The Kier molecular flexibility index (Phi) is 8.13. The van der Waals surface area contributed by atoms with Crippen LogP contribution in [0.25, 0.3) is 0 Å². The summed E-state index contributed by atoms with van der Waals surface area (Å²) in [7, 11) is -3.72. The first-order valence-corrected chi connectivity index (χ1v) is 10.5. The molecule has 2 rings (SSSR count). The SMILES string of the molecule is CCCCCOc1ccc(/C=N/NS(=O)(=O)c2ccc(OCC)cc2)cc1. The first-order chi connectivity index (χ1) is 13.0. The highest BCUT2D eigenvalue weighted by Crippen LogP contribution is 2.16. The zero-order valence-electron chi connectivity index (χ0n) is 15.7. The highest BCUT2D eigenvalue weighted by Gasteiger charge is 2.12. The molecule has 0 saturated heterocycles. The van der Waals surface area contributed by atoms with Crippen molar-refractivity contribution in [3.63, 3.8) is 0 Å². The van der Waals surface area contributed by atoms with E-state index in [-0.39, 0.29) is 4.90 Å². The molecule has 0 saturated carbocycles. The maximum Gasteiger partial charge on any atom is 0.276 e. The van der Waals surface area contributed by atoms with Crippen molar-refractivity contribution in [2.75, 3.05) is 13.2 Å². The molecule has 0 radical (unpaired) electrons. The van der Waals surface area contributed by atoms with Crippen molar-refractivity contribution in [2.45, 2.75) is 38.0 Å². The summed E-state index contributed by atoms with van der Waals surface area (Å²) in [5.74, 6) is 1.41. The number of rotatable bonds is 11. The molecule has 0 aliphatic heterocycles. The smallest absolute Gasteiger partial charge is 0.276 e. The Morgan fingerprint density at radius 1 is 0.926 bits per heavy atom. The Bertz CT molecular complexity index is 816. The third kappa shape index (κ3) is 6.94. The van der Waals surface area contributed by atoms with Crippen molar-refractivity contribution in [1.29, 1.82) is 0 Å². The van der Waals surface area contributed by atoms with E-state index >= 15 is 0 Å². The summed E-state index contributed by atoms with van der Waals surface area (Å²) in [6.07, 6.45) is 4.80. The fraction of sp³-hybridized carbons (Fsp3) is 0.350. The van der Waals surface area contributed by atoms with Crippen LogP contribution in [0.1, 0.15) is 38.7 Å². The van der Waals surface area contributed by atoms with Crippen LogP contribution in [0.15, 0.2) is 58.5 Å². The van der Waals surface area contributed by atoms with E-state index in [9.17, 15) is 8.42 Å². The number of unbranched alkanes of at least 4 members (excludes halogenated alkanes) is 2. The van der Waals surface area contributed by atoms with E-state index in [0.717, 1.165) is 30.6 Å². The minimum absolute atomic E-state index is 0.124. The van der Waals surface area contributed by atoms with Gasteiger partial charge in [0.2, 0.25) is 0 Å². The van der Waals surface area contributed by atoms with Gasteiger partial charge >= 0.3 is 0 Å². The molecule has 1 N–H and O–H groups in total. The molecule has 146 valence electrons. The summed E-state index contributed by atoms with van der Waals surface area (Å²) in [5.41, 5.74) is 0.769. The van der Waals surface area contributed by atoms with Crippen molar-refractivity contribution in [2.24, 2.45) is 5.10 Å². The number of hydrazone groups is 1. The minimum atomic E-state index is -3.72. The Morgan fingerprint density at radius 2 is 1.56 bits per heavy atom. The molecule has 0 aliphatic rings. The number of sulfonamides is 1. The largest absolute Gasteiger partial charge is 0.494 e. The molecule has 0 aliphatic carbocycles. The fourth-order valence-corrected chi connectivity index (χ4v) is 3.09. The molecular weight excluding hydrogens is 364 g/mol. The Labute approximate surface area is 161 Å². The molecule has 2 aromatic carbocycles. The van der Waals surface area contributed by atoms with Gasteiger partial charge in [0.15, 0.2) is 0 Å². The number of hydrogen-bond donors (Lipinski definition) is 1. The second-order valence-electron chi connectivity index (χ2n) is 5.88. The lowest BCUT2D eigenvalue weighted by atomic mass is 10.2. The predicted molar refractivity (Wildman–Crippen MR) is 107 cm³/mol. The van der Waals surface area contributed by atoms with Crippen LogP contribution in [0.2, 0.25) is 0 Å². The van der Waals surface area contributed by atoms with Gasteiger partial charge in [-0.2, -0.15) is 13.5 Å². The maximum atomic E-state index is 12.2. The molecule has 0 bridgehead atoms. The van der Waals surface area contributed by atoms with Crippen LogP contribution >= 0.6 is 0 Å². The van der Waals surface area contributed by atoms with Crippen LogP contribution in [0.3, 0.4) is 0 Å². The van der Waals surface area contributed by atoms with Gasteiger partial charge in [-0.25, -0.2) is 4.83 Å². The van der Waals surface area contributed by atoms with Gasteiger partial charge in [0.25, 0.3) is 10.0 Å². The van der Waals surface area contributed by atoms with Gasteiger partial charge in [-0.1, -0.05) is 19.8 Å². The third-order valence-corrected chi connectivity index (χ3v) is 4.97. The van der Waals surface area contributed by atoms with Crippen molar-refractivity contribution < 1.29 is 17.9 Å². The molecule has 2 aromatic rings. The summed E-state index contributed by atoms with van der Waals surface area (Å²) in [5, 5.41) is 3.83. The fourth-order valence-electron chi connectivity index (χ4n) is 2.30. The van der Waals surface area contributed by atoms with E-state index in [1.807, 2.05) is 31.2 Å². The molecule has 0 aromatic heterocycles. The standard InChI is InChI=1S/C20H26N2O4S/c1-3-5-6-15-26-19-9-7-17(8-10-19)16-21-22-27(23,24)20-13-11-18(12-14-20)25-4-2/h7-14,16,22H,3-6,15H2,1-2H3/b21-16+. The number of nitrogens with one attached hydrogen (secondary N) is 1. The lowest BCUT2D eigenvalue weighted by molar-refractivity contribution is 0.306. The molecule has 27 heavy (non-hydrogen) atoms. The number of ether oxygens (including phenoxy) is 2. The number of hydrogen-bond acceptors (Lipinski definition) is 5. The van der Waals surface area contributed by atoms with Gasteiger partial charge in [-0.15, -0.1) is 0 Å². The van der Waals surface area contributed by atoms with Gasteiger partial charge in [0, 0.05) is 0 Å². The zero-order valence-corrected chi connectivity index (χ0v) is 16.5. The topological polar surface area (TPSA) is 77.0 Å². The monoisotopic (exact) mass is 390 g/mol. The van der Waals surface area contributed by atoms with Gasteiger partial charge in [0.1, 0.15) is 11.5 Å². The molecule has 7 heteroatoms. The van der Waals surface area contributed by atoms with E-state index in [2.05, 4.69) is 16.9 Å². The van der Waals surface area contributed by atoms with Gasteiger partial charge in [-0.05, 0) is 67.4 Å². The summed E-state index contributed by atoms with van der Waals surface area (Å²) in [4.78, 5) is 2.33. The van der Waals surface area contributed by atoms with Crippen LogP contribution in [0.4, 0.5) is 0 Å². The highest BCUT2D eigenvalue weighted by molar-refractivity contribution is 7.89. The highest BCUT2D eigenvalue weighted by atomic mass is 32.2. The lowest BCUT2D eigenvalue weighted by Gasteiger charge is -2.06. The van der Waals surface area contributed by atoms with E-state index < -0.39 is 10.0 Å². The average Bonchev–Trinajstić information content (AvgIpc) is 2.67. The van der Waals surface area contributed by atoms with Crippen molar-refractivity contribution in [3.8, 4) is 11.5 Å². The van der Waals surface area contributed by atoms with Crippen LogP contribution in [0, 0.1) is 0 Å². The van der Waals surface area contributed by atoms with Gasteiger partial charge in [0.05, 0.1) is 24.3 Å². The quantitative estimate of drug-likeness (QED) is 0.358. The van der Waals surface area contributed by atoms with E-state index in [1.54, 1.807) is 12.1 Å². The minimum Gasteiger partial charge on any atom is -0.494 e. The molecule has 0 amide bonds. The van der Waals surface area contributed by atoms with Crippen LogP contribution in [0.5, 0.6) is 11.5 Å². The Morgan fingerprint density at radius 3 is 2.19 bits per heavy atom. The van der Waals surface area contributed by atoms with Crippen molar-refractivity contribution in [3.05, 3.63) is 54.1 Å².